The summed E-state index contributed by atoms with van der Waals surface area (Å²) >= 11 is 1.27. The SMILES string of the molecule is CC[C@H]1CCCCN1C(=O)Cn1c(=O)n(-c2cccc(OC)c2)c(=O)c2sccc21. The molecule has 30 heavy (non-hydrogen) atoms. The minimum absolute atomic E-state index is 0.0766. The molecule has 1 aromatic carbocycles. The normalized spacial score (nSPS) is 16.7. The molecule has 0 aliphatic carbocycles. The molecule has 1 fully saturated rings. The van der Waals surface area contributed by atoms with Crippen LogP contribution in [0.1, 0.15) is 32.6 Å². The summed E-state index contributed by atoms with van der Waals surface area (Å²) < 4.78 is 8.25. The standard InChI is InChI=1S/C22H25N3O4S/c1-3-15-7-4-5-11-23(15)19(26)14-24-18-10-12-30-20(18)21(27)25(22(24)28)16-8-6-9-17(13-16)29-2/h6,8-10,12-13,15H,3-5,7,11,14H2,1-2H3/t15-/m0/s1. The van der Waals surface area contributed by atoms with Crippen LogP contribution < -0.4 is 16.0 Å². The van der Waals surface area contributed by atoms with E-state index in [0.717, 1.165) is 30.3 Å². The molecule has 4 rings (SSSR count). The molecular weight excluding hydrogens is 402 g/mol. The number of carbonyl (C=O) groups excluding carboxylic acids is 1. The van der Waals surface area contributed by atoms with Gasteiger partial charge in [0.15, 0.2) is 0 Å². The Kier molecular flexibility index (Phi) is 5.76. The van der Waals surface area contributed by atoms with E-state index in [0.29, 0.717) is 28.2 Å². The molecule has 1 aliphatic rings. The van der Waals surface area contributed by atoms with E-state index < -0.39 is 5.69 Å². The number of nitrogens with zero attached hydrogens (tertiary/aromatic N) is 3. The lowest BCUT2D eigenvalue weighted by Crippen LogP contribution is -2.47. The Morgan fingerprint density at radius 1 is 1.23 bits per heavy atom. The van der Waals surface area contributed by atoms with Crippen molar-refractivity contribution in [3.63, 3.8) is 0 Å². The molecule has 7 nitrogen and oxygen atoms in total. The number of thiophene rings is 1. The number of ether oxygens (including phenoxy) is 1. The molecule has 0 N–H and O–H groups in total. The van der Waals surface area contributed by atoms with E-state index in [4.69, 9.17) is 4.74 Å². The molecular formula is C22H25N3O4S. The summed E-state index contributed by atoms with van der Waals surface area (Å²) in [5.41, 5.74) is 0.0294. The Hall–Kier alpha value is -2.87. The number of aromatic nitrogens is 2. The zero-order valence-corrected chi connectivity index (χ0v) is 18.0. The van der Waals surface area contributed by atoms with Crippen LogP contribution in [0.15, 0.2) is 45.3 Å². The fourth-order valence-corrected chi connectivity index (χ4v) is 5.02. The smallest absolute Gasteiger partial charge is 0.336 e. The quantitative estimate of drug-likeness (QED) is 0.627. The predicted octanol–water partition coefficient (Wildman–Crippen LogP) is 3.01. The van der Waals surface area contributed by atoms with Crippen molar-refractivity contribution >= 4 is 27.5 Å². The van der Waals surface area contributed by atoms with Gasteiger partial charge in [-0.2, -0.15) is 0 Å². The third-order valence-corrected chi connectivity index (χ3v) is 6.67. The number of amides is 1. The highest BCUT2D eigenvalue weighted by Gasteiger charge is 2.27. The van der Waals surface area contributed by atoms with E-state index in [1.54, 1.807) is 35.7 Å². The average molecular weight is 428 g/mol. The maximum absolute atomic E-state index is 13.4. The van der Waals surface area contributed by atoms with Gasteiger partial charge in [0.05, 0.1) is 18.3 Å². The lowest BCUT2D eigenvalue weighted by Gasteiger charge is -2.35. The summed E-state index contributed by atoms with van der Waals surface area (Å²) in [7, 11) is 1.53. The summed E-state index contributed by atoms with van der Waals surface area (Å²) in [6.07, 6.45) is 4.00. The van der Waals surface area contributed by atoms with Crippen molar-refractivity contribution in [2.45, 2.75) is 45.2 Å². The van der Waals surface area contributed by atoms with Gasteiger partial charge in [-0.25, -0.2) is 9.36 Å². The van der Waals surface area contributed by atoms with Gasteiger partial charge >= 0.3 is 5.69 Å². The second-order valence-electron chi connectivity index (χ2n) is 7.49. The minimum atomic E-state index is -0.516. The molecule has 1 amide bonds. The summed E-state index contributed by atoms with van der Waals surface area (Å²) in [5.74, 6) is 0.471. The highest BCUT2D eigenvalue weighted by molar-refractivity contribution is 7.17. The van der Waals surface area contributed by atoms with Gasteiger partial charge in [-0.1, -0.05) is 13.0 Å². The number of piperidine rings is 1. The first-order valence-electron chi connectivity index (χ1n) is 10.2. The molecule has 1 atom stereocenters. The van der Waals surface area contributed by atoms with Gasteiger partial charge in [0, 0.05) is 18.7 Å². The molecule has 0 spiro atoms. The second-order valence-corrected chi connectivity index (χ2v) is 8.41. The summed E-state index contributed by atoms with van der Waals surface area (Å²) in [6, 6.07) is 8.76. The van der Waals surface area contributed by atoms with Crippen LogP contribution >= 0.6 is 11.3 Å². The number of fused-ring (bicyclic) bond motifs is 1. The van der Waals surface area contributed by atoms with E-state index in [2.05, 4.69) is 6.92 Å². The van der Waals surface area contributed by atoms with Gasteiger partial charge in [-0.15, -0.1) is 11.3 Å². The number of hydrogen-bond acceptors (Lipinski definition) is 5. The topological polar surface area (TPSA) is 73.5 Å². The molecule has 3 aromatic rings. The highest BCUT2D eigenvalue weighted by atomic mass is 32.1. The van der Waals surface area contributed by atoms with Crippen molar-refractivity contribution in [1.29, 1.82) is 0 Å². The van der Waals surface area contributed by atoms with Crippen molar-refractivity contribution in [2.24, 2.45) is 0 Å². The molecule has 3 heterocycles. The highest BCUT2D eigenvalue weighted by Crippen LogP contribution is 2.22. The molecule has 2 aromatic heterocycles. The van der Waals surface area contributed by atoms with Crippen LogP contribution in [-0.2, 0) is 11.3 Å². The molecule has 1 aliphatic heterocycles. The van der Waals surface area contributed by atoms with Crippen molar-refractivity contribution in [1.82, 2.24) is 14.0 Å². The van der Waals surface area contributed by atoms with Gasteiger partial charge in [-0.3, -0.25) is 14.2 Å². The Morgan fingerprint density at radius 3 is 2.83 bits per heavy atom. The van der Waals surface area contributed by atoms with Crippen LogP contribution in [0, 0.1) is 0 Å². The zero-order chi connectivity index (χ0) is 21.3. The maximum Gasteiger partial charge on any atom is 0.336 e. The average Bonchev–Trinajstić information content (AvgIpc) is 3.27. The van der Waals surface area contributed by atoms with Crippen molar-refractivity contribution in [3.8, 4) is 11.4 Å². The van der Waals surface area contributed by atoms with Crippen LogP contribution in [0.25, 0.3) is 15.9 Å². The second kappa shape index (κ2) is 8.47. The largest absolute Gasteiger partial charge is 0.497 e. The number of benzene rings is 1. The number of hydrogen-bond donors (Lipinski definition) is 0. The van der Waals surface area contributed by atoms with E-state index >= 15 is 0 Å². The third kappa shape index (κ3) is 3.56. The van der Waals surface area contributed by atoms with Crippen molar-refractivity contribution in [3.05, 3.63) is 56.5 Å². The molecule has 0 bridgehead atoms. The van der Waals surface area contributed by atoms with Gasteiger partial charge < -0.3 is 9.64 Å². The van der Waals surface area contributed by atoms with Crippen molar-refractivity contribution in [2.75, 3.05) is 13.7 Å². The van der Waals surface area contributed by atoms with Crippen molar-refractivity contribution < 1.29 is 9.53 Å². The lowest BCUT2D eigenvalue weighted by molar-refractivity contribution is -0.135. The first-order valence-corrected chi connectivity index (χ1v) is 11.1. The third-order valence-electron chi connectivity index (χ3n) is 5.78. The predicted molar refractivity (Wildman–Crippen MR) is 118 cm³/mol. The van der Waals surface area contributed by atoms with Crippen LogP contribution in [0.4, 0.5) is 0 Å². The summed E-state index contributed by atoms with van der Waals surface area (Å²) in [5, 5.41) is 1.78. The Balaban J connectivity index is 1.82. The first-order chi connectivity index (χ1) is 14.5. The monoisotopic (exact) mass is 427 g/mol. The number of likely N-dealkylation sites (tertiary alicyclic amines) is 1. The van der Waals surface area contributed by atoms with Crippen LogP contribution in [-0.4, -0.2) is 39.6 Å². The lowest BCUT2D eigenvalue weighted by atomic mass is 10.00. The number of methoxy groups -OCH3 is 1. The minimum Gasteiger partial charge on any atom is -0.497 e. The molecule has 0 saturated carbocycles. The van der Waals surface area contributed by atoms with Crippen LogP contribution in [0.3, 0.4) is 0 Å². The molecule has 0 radical (unpaired) electrons. The number of carbonyl (C=O) groups is 1. The maximum atomic E-state index is 13.4. The molecule has 158 valence electrons. The fourth-order valence-electron chi connectivity index (χ4n) is 4.20. The Morgan fingerprint density at radius 2 is 2.07 bits per heavy atom. The molecule has 0 unspecified atom stereocenters. The van der Waals surface area contributed by atoms with E-state index in [9.17, 15) is 14.4 Å². The first kappa shape index (κ1) is 20.4. The Bertz CT molecular complexity index is 1190. The van der Waals surface area contributed by atoms with Gasteiger partial charge in [-0.05, 0) is 49.3 Å². The number of rotatable bonds is 5. The summed E-state index contributed by atoms with van der Waals surface area (Å²) in [4.78, 5) is 41.5. The van der Waals surface area contributed by atoms with Gasteiger partial charge in [0.1, 0.15) is 17.0 Å². The van der Waals surface area contributed by atoms with Crippen LogP contribution in [0.5, 0.6) is 5.75 Å². The zero-order valence-electron chi connectivity index (χ0n) is 17.2. The van der Waals surface area contributed by atoms with Gasteiger partial charge in [0.2, 0.25) is 5.91 Å². The van der Waals surface area contributed by atoms with E-state index in [1.807, 2.05) is 4.90 Å². The molecule has 8 heteroatoms. The Labute approximate surface area is 178 Å². The molecule has 1 saturated heterocycles. The summed E-state index contributed by atoms with van der Waals surface area (Å²) in [6.45, 7) is 2.73. The van der Waals surface area contributed by atoms with E-state index in [1.165, 1.54) is 23.0 Å². The van der Waals surface area contributed by atoms with Crippen LogP contribution in [0.2, 0.25) is 0 Å². The van der Waals surface area contributed by atoms with E-state index in [-0.39, 0.29) is 24.1 Å². The van der Waals surface area contributed by atoms with Gasteiger partial charge in [0.25, 0.3) is 5.56 Å². The fraction of sp³-hybridized carbons (Fsp3) is 0.409.